The first-order valence-electron chi connectivity index (χ1n) is 8.00. The highest BCUT2D eigenvalue weighted by Crippen LogP contribution is 2.26. The normalized spacial score (nSPS) is 9.85. The molecule has 0 saturated heterocycles. The average Bonchev–Trinajstić information content (AvgIpc) is 2.64. The number of nitriles is 1. The number of halogens is 1. The van der Waals surface area contributed by atoms with Crippen LogP contribution in [0, 0.1) is 25.2 Å². The Morgan fingerprint density at radius 3 is 2.19 bits per heavy atom. The van der Waals surface area contributed by atoms with Gasteiger partial charge >= 0.3 is 0 Å². The summed E-state index contributed by atoms with van der Waals surface area (Å²) in [4.78, 5) is 23.6. The van der Waals surface area contributed by atoms with Crippen molar-refractivity contribution in [3.63, 3.8) is 0 Å². The van der Waals surface area contributed by atoms with Crippen LogP contribution in [0.25, 0.3) is 0 Å². The fourth-order valence-electron chi connectivity index (χ4n) is 2.30. The second kappa shape index (κ2) is 9.46. The molecule has 0 atom stereocenters. The Hall–Kier alpha value is -3.24. The van der Waals surface area contributed by atoms with Crippen molar-refractivity contribution in [2.45, 2.75) is 13.8 Å². The predicted octanol–water partition coefficient (Wildman–Crippen LogP) is 2.43. The van der Waals surface area contributed by atoms with Gasteiger partial charge in [0.05, 0.1) is 5.56 Å². The number of hydrazine groups is 1. The molecule has 2 amide bonds. The van der Waals surface area contributed by atoms with Crippen LogP contribution in [-0.4, -0.2) is 25.0 Å². The van der Waals surface area contributed by atoms with Crippen LogP contribution in [0.15, 0.2) is 36.4 Å². The zero-order chi connectivity index (χ0) is 19.8. The molecule has 140 valence electrons. The third-order valence-corrected chi connectivity index (χ3v) is 3.70. The molecular formula is C19H18ClN3O4. The number of nitrogens with zero attached hydrogens (tertiary/aromatic N) is 1. The Morgan fingerprint density at radius 2 is 1.59 bits per heavy atom. The molecule has 7 nitrogen and oxygen atoms in total. The molecule has 0 saturated carbocycles. The van der Waals surface area contributed by atoms with Gasteiger partial charge in [-0.05, 0) is 49.2 Å². The second-order valence-electron chi connectivity index (χ2n) is 5.65. The minimum Gasteiger partial charge on any atom is -0.483 e. The number of para-hydroxylation sites is 1. The van der Waals surface area contributed by atoms with Gasteiger partial charge in [0.25, 0.3) is 11.8 Å². The van der Waals surface area contributed by atoms with E-state index < -0.39 is 11.8 Å². The molecule has 2 aromatic rings. The lowest BCUT2D eigenvalue weighted by Crippen LogP contribution is -2.45. The van der Waals surface area contributed by atoms with E-state index in [4.69, 9.17) is 26.3 Å². The van der Waals surface area contributed by atoms with Gasteiger partial charge in [0, 0.05) is 5.02 Å². The van der Waals surface area contributed by atoms with Crippen LogP contribution >= 0.6 is 11.6 Å². The Bertz CT molecular complexity index is 870. The van der Waals surface area contributed by atoms with E-state index >= 15 is 0 Å². The van der Waals surface area contributed by atoms with Gasteiger partial charge in [-0.3, -0.25) is 20.4 Å². The zero-order valence-electron chi connectivity index (χ0n) is 14.8. The van der Waals surface area contributed by atoms with E-state index in [0.717, 1.165) is 11.1 Å². The van der Waals surface area contributed by atoms with Crippen molar-refractivity contribution in [1.29, 1.82) is 5.26 Å². The number of ether oxygens (including phenoxy) is 2. The van der Waals surface area contributed by atoms with E-state index in [1.54, 1.807) is 36.4 Å². The van der Waals surface area contributed by atoms with Gasteiger partial charge in [-0.1, -0.05) is 23.7 Å². The lowest BCUT2D eigenvalue weighted by Gasteiger charge is -2.13. The van der Waals surface area contributed by atoms with E-state index in [1.807, 2.05) is 19.9 Å². The maximum absolute atomic E-state index is 11.8. The van der Waals surface area contributed by atoms with Gasteiger partial charge in [-0.2, -0.15) is 5.26 Å². The van der Waals surface area contributed by atoms with Crippen LogP contribution < -0.4 is 20.3 Å². The van der Waals surface area contributed by atoms with Crippen molar-refractivity contribution in [2.24, 2.45) is 0 Å². The number of nitrogens with one attached hydrogen (secondary N) is 2. The molecule has 0 bridgehead atoms. The lowest BCUT2D eigenvalue weighted by atomic mass is 10.1. The van der Waals surface area contributed by atoms with Gasteiger partial charge in [0.15, 0.2) is 13.2 Å². The molecule has 0 heterocycles. The van der Waals surface area contributed by atoms with E-state index in [9.17, 15) is 9.59 Å². The SMILES string of the molecule is Cc1cc(Cl)cc(C)c1OCC(=O)NNC(=O)COc1ccccc1C#N. The summed E-state index contributed by atoms with van der Waals surface area (Å²) in [6.45, 7) is 3.02. The first-order chi connectivity index (χ1) is 12.9. The van der Waals surface area contributed by atoms with Gasteiger partial charge in [-0.25, -0.2) is 0 Å². The summed E-state index contributed by atoms with van der Waals surface area (Å²) in [5, 5.41) is 9.55. The molecule has 27 heavy (non-hydrogen) atoms. The molecule has 0 aliphatic heterocycles. The van der Waals surface area contributed by atoms with Crippen molar-refractivity contribution < 1.29 is 19.1 Å². The maximum Gasteiger partial charge on any atom is 0.276 e. The Labute approximate surface area is 161 Å². The molecule has 0 fully saturated rings. The van der Waals surface area contributed by atoms with Crippen LogP contribution in [0.3, 0.4) is 0 Å². The van der Waals surface area contributed by atoms with Crippen molar-refractivity contribution in [1.82, 2.24) is 10.9 Å². The summed E-state index contributed by atoms with van der Waals surface area (Å²) in [6.07, 6.45) is 0. The molecule has 0 unspecified atom stereocenters. The van der Waals surface area contributed by atoms with Crippen LogP contribution in [0.2, 0.25) is 5.02 Å². The first kappa shape index (κ1) is 20.1. The van der Waals surface area contributed by atoms with E-state index in [0.29, 0.717) is 22.1 Å². The van der Waals surface area contributed by atoms with Gasteiger partial charge in [0.1, 0.15) is 17.6 Å². The van der Waals surface area contributed by atoms with Crippen LogP contribution in [-0.2, 0) is 9.59 Å². The van der Waals surface area contributed by atoms with E-state index in [1.165, 1.54) is 0 Å². The molecule has 0 spiro atoms. The third-order valence-electron chi connectivity index (χ3n) is 3.48. The van der Waals surface area contributed by atoms with Crippen molar-refractivity contribution in [3.05, 3.63) is 58.1 Å². The first-order valence-corrected chi connectivity index (χ1v) is 8.37. The fraction of sp³-hybridized carbons (Fsp3) is 0.211. The summed E-state index contributed by atoms with van der Waals surface area (Å²) in [5.74, 6) is -0.250. The Morgan fingerprint density at radius 1 is 1.04 bits per heavy atom. The lowest BCUT2D eigenvalue weighted by molar-refractivity contribution is -0.131. The quantitative estimate of drug-likeness (QED) is 0.741. The standard InChI is InChI=1S/C19H18ClN3O4/c1-12-7-15(20)8-13(2)19(12)27-11-18(25)23-22-17(24)10-26-16-6-4-3-5-14(16)9-21/h3-8H,10-11H2,1-2H3,(H,22,24)(H,23,25). The average molecular weight is 388 g/mol. The van der Waals surface area contributed by atoms with Crippen LogP contribution in [0.1, 0.15) is 16.7 Å². The smallest absolute Gasteiger partial charge is 0.276 e. The van der Waals surface area contributed by atoms with Crippen LogP contribution in [0.5, 0.6) is 11.5 Å². The summed E-state index contributed by atoms with van der Waals surface area (Å²) in [6, 6.07) is 12.0. The topological polar surface area (TPSA) is 100 Å². The largest absolute Gasteiger partial charge is 0.483 e. The van der Waals surface area contributed by atoms with Gasteiger partial charge < -0.3 is 9.47 Å². The van der Waals surface area contributed by atoms with Crippen LogP contribution in [0.4, 0.5) is 0 Å². The number of benzene rings is 2. The Balaban J connectivity index is 1.77. The summed E-state index contributed by atoms with van der Waals surface area (Å²) < 4.78 is 10.8. The molecule has 0 aliphatic rings. The summed E-state index contributed by atoms with van der Waals surface area (Å²) >= 11 is 5.95. The van der Waals surface area contributed by atoms with E-state index in [-0.39, 0.29) is 13.2 Å². The monoisotopic (exact) mass is 387 g/mol. The number of amides is 2. The molecule has 2 rings (SSSR count). The number of aryl methyl sites for hydroxylation is 2. The fourth-order valence-corrected chi connectivity index (χ4v) is 2.63. The highest BCUT2D eigenvalue weighted by molar-refractivity contribution is 6.30. The molecule has 8 heteroatoms. The van der Waals surface area contributed by atoms with Crippen molar-refractivity contribution in [2.75, 3.05) is 13.2 Å². The molecule has 0 radical (unpaired) electrons. The predicted molar refractivity (Wildman–Crippen MR) is 99.4 cm³/mol. The minimum atomic E-state index is -0.574. The van der Waals surface area contributed by atoms with Gasteiger partial charge in [0.2, 0.25) is 0 Å². The number of carbonyl (C=O) groups is 2. The van der Waals surface area contributed by atoms with Crippen molar-refractivity contribution >= 4 is 23.4 Å². The molecular weight excluding hydrogens is 370 g/mol. The molecule has 2 aromatic carbocycles. The molecule has 0 aromatic heterocycles. The second-order valence-corrected chi connectivity index (χ2v) is 6.09. The molecule has 2 N–H and O–H groups in total. The highest BCUT2D eigenvalue weighted by Gasteiger charge is 2.11. The minimum absolute atomic E-state index is 0.276. The Kier molecular flexibility index (Phi) is 7.03. The third kappa shape index (κ3) is 5.90. The maximum atomic E-state index is 11.8. The highest BCUT2D eigenvalue weighted by atomic mass is 35.5. The zero-order valence-corrected chi connectivity index (χ0v) is 15.6. The van der Waals surface area contributed by atoms with E-state index in [2.05, 4.69) is 10.9 Å². The number of hydrogen-bond donors (Lipinski definition) is 2. The number of carbonyl (C=O) groups excluding carboxylic acids is 2. The summed E-state index contributed by atoms with van der Waals surface area (Å²) in [7, 11) is 0. The summed E-state index contributed by atoms with van der Waals surface area (Å²) in [5.41, 5.74) is 6.38. The number of rotatable bonds is 6. The van der Waals surface area contributed by atoms with Crippen molar-refractivity contribution in [3.8, 4) is 17.6 Å². The van der Waals surface area contributed by atoms with Gasteiger partial charge in [-0.15, -0.1) is 0 Å². The number of hydrogen-bond acceptors (Lipinski definition) is 5. The molecule has 0 aliphatic carbocycles.